The first-order chi connectivity index (χ1) is 14.9. The average molecular weight is 443 g/mol. The summed E-state index contributed by atoms with van der Waals surface area (Å²) in [6, 6.07) is 8.84. The van der Waals surface area contributed by atoms with Gasteiger partial charge in [0.1, 0.15) is 12.4 Å². The summed E-state index contributed by atoms with van der Waals surface area (Å²) >= 11 is 5.72. The van der Waals surface area contributed by atoms with E-state index in [0.717, 1.165) is 37.9 Å². The van der Waals surface area contributed by atoms with Crippen LogP contribution in [0.4, 0.5) is 10.1 Å². The molecular formula is C22H20ClFN4O3. The smallest absolute Gasteiger partial charge is 0.269 e. The second kappa shape index (κ2) is 8.85. The first kappa shape index (κ1) is 21.0. The van der Waals surface area contributed by atoms with E-state index in [4.69, 9.17) is 11.6 Å². The lowest BCUT2D eigenvalue weighted by molar-refractivity contribution is -0.116. The molecule has 1 aromatic heterocycles. The predicted molar refractivity (Wildman–Crippen MR) is 116 cm³/mol. The number of nitrogens with one attached hydrogen (secondary N) is 2. The van der Waals surface area contributed by atoms with E-state index >= 15 is 0 Å². The fraction of sp³-hybridized carbons (Fsp3) is 0.273. The highest BCUT2D eigenvalue weighted by Gasteiger charge is 2.19. The van der Waals surface area contributed by atoms with E-state index in [1.165, 1.54) is 16.7 Å². The van der Waals surface area contributed by atoms with E-state index < -0.39 is 17.3 Å². The third-order valence-corrected chi connectivity index (χ3v) is 5.54. The van der Waals surface area contributed by atoms with Gasteiger partial charge in [-0.3, -0.25) is 19.0 Å². The summed E-state index contributed by atoms with van der Waals surface area (Å²) in [4.78, 5) is 41.4. The molecule has 0 spiro atoms. The molecule has 1 saturated carbocycles. The molecule has 9 heteroatoms. The van der Waals surface area contributed by atoms with Crippen molar-refractivity contribution in [3.63, 3.8) is 0 Å². The van der Waals surface area contributed by atoms with Gasteiger partial charge in [0.25, 0.3) is 11.5 Å². The summed E-state index contributed by atoms with van der Waals surface area (Å²) < 4.78 is 15.2. The van der Waals surface area contributed by atoms with Crippen LogP contribution in [-0.4, -0.2) is 27.4 Å². The van der Waals surface area contributed by atoms with Crippen LogP contribution in [0.2, 0.25) is 5.02 Å². The molecule has 2 aromatic carbocycles. The summed E-state index contributed by atoms with van der Waals surface area (Å²) in [6.07, 6.45) is 5.26. The van der Waals surface area contributed by atoms with Crippen LogP contribution in [0, 0.1) is 5.82 Å². The lowest BCUT2D eigenvalue weighted by Crippen LogP contribution is -2.32. The molecule has 0 aliphatic heterocycles. The van der Waals surface area contributed by atoms with E-state index in [2.05, 4.69) is 15.6 Å². The quantitative estimate of drug-likeness (QED) is 0.632. The van der Waals surface area contributed by atoms with Crippen LogP contribution in [0.15, 0.2) is 47.4 Å². The zero-order valence-electron chi connectivity index (χ0n) is 16.5. The zero-order valence-corrected chi connectivity index (χ0v) is 17.3. The number of carbonyl (C=O) groups excluding carboxylic acids is 2. The van der Waals surface area contributed by atoms with Crippen LogP contribution in [0.5, 0.6) is 0 Å². The number of rotatable bonds is 5. The number of amides is 2. The maximum Gasteiger partial charge on any atom is 0.269 e. The van der Waals surface area contributed by atoms with Crippen LogP contribution in [0.3, 0.4) is 0 Å². The molecule has 2 N–H and O–H groups in total. The number of hydrogen-bond acceptors (Lipinski definition) is 4. The Hall–Kier alpha value is -3.26. The molecule has 1 fully saturated rings. The number of benzene rings is 2. The summed E-state index contributed by atoms with van der Waals surface area (Å²) in [5, 5.41) is 5.65. The van der Waals surface area contributed by atoms with Crippen LogP contribution in [-0.2, 0) is 11.3 Å². The fourth-order valence-corrected chi connectivity index (χ4v) is 3.89. The van der Waals surface area contributed by atoms with Gasteiger partial charge in [0, 0.05) is 16.6 Å². The fourth-order valence-electron chi connectivity index (χ4n) is 3.74. The number of nitrogens with zero attached hydrogens (tertiary/aromatic N) is 2. The van der Waals surface area contributed by atoms with Gasteiger partial charge in [0.15, 0.2) is 0 Å². The molecule has 160 valence electrons. The summed E-state index contributed by atoms with van der Waals surface area (Å²) in [5.74, 6) is -1.45. The van der Waals surface area contributed by atoms with Crippen molar-refractivity contribution in [1.29, 1.82) is 0 Å². The molecule has 0 unspecified atom stereocenters. The van der Waals surface area contributed by atoms with Crippen molar-refractivity contribution in [2.45, 2.75) is 38.3 Å². The molecule has 31 heavy (non-hydrogen) atoms. The largest absolute Gasteiger partial charge is 0.349 e. The van der Waals surface area contributed by atoms with Gasteiger partial charge in [-0.1, -0.05) is 24.4 Å². The SMILES string of the molecule is O=C(Cn1c(=O)cnc2cc(C(=O)NC3CCCC3)ccc21)Nc1ccc(Cl)cc1F. The molecule has 1 heterocycles. The van der Waals surface area contributed by atoms with Gasteiger partial charge in [-0.2, -0.15) is 0 Å². The lowest BCUT2D eigenvalue weighted by atomic mass is 10.1. The van der Waals surface area contributed by atoms with Gasteiger partial charge in [0.2, 0.25) is 5.91 Å². The number of anilines is 1. The van der Waals surface area contributed by atoms with Crippen molar-refractivity contribution in [2.24, 2.45) is 0 Å². The molecule has 0 saturated heterocycles. The van der Waals surface area contributed by atoms with Crippen LogP contribution >= 0.6 is 11.6 Å². The van der Waals surface area contributed by atoms with Gasteiger partial charge in [-0.15, -0.1) is 0 Å². The Morgan fingerprint density at radius 2 is 1.94 bits per heavy atom. The van der Waals surface area contributed by atoms with E-state index in [0.29, 0.717) is 16.6 Å². The van der Waals surface area contributed by atoms with E-state index in [9.17, 15) is 18.8 Å². The van der Waals surface area contributed by atoms with Crippen LogP contribution < -0.4 is 16.2 Å². The summed E-state index contributed by atoms with van der Waals surface area (Å²) in [7, 11) is 0. The third kappa shape index (κ3) is 4.74. The minimum Gasteiger partial charge on any atom is -0.349 e. The van der Waals surface area contributed by atoms with Crippen molar-refractivity contribution in [3.05, 3.63) is 69.4 Å². The molecule has 0 bridgehead atoms. The van der Waals surface area contributed by atoms with Crippen LogP contribution in [0.1, 0.15) is 36.0 Å². The highest BCUT2D eigenvalue weighted by atomic mass is 35.5. The predicted octanol–water partition coefficient (Wildman–Crippen LogP) is 3.50. The van der Waals surface area contributed by atoms with E-state index in [1.807, 2.05) is 0 Å². The van der Waals surface area contributed by atoms with Gasteiger partial charge < -0.3 is 10.6 Å². The highest BCUT2D eigenvalue weighted by Crippen LogP contribution is 2.20. The maximum absolute atomic E-state index is 13.9. The van der Waals surface area contributed by atoms with Crippen molar-refractivity contribution < 1.29 is 14.0 Å². The summed E-state index contributed by atoms with van der Waals surface area (Å²) in [5.41, 5.74) is 0.722. The molecular weight excluding hydrogens is 423 g/mol. The molecule has 0 atom stereocenters. The number of halogens is 2. The van der Waals surface area contributed by atoms with Crippen LogP contribution in [0.25, 0.3) is 11.0 Å². The van der Waals surface area contributed by atoms with Crippen molar-refractivity contribution >= 4 is 40.1 Å². The number of hydrogen-bond donors (Lipinski definition) is 2. The molecule has 7 nitrogen and oxygen atoms in total. The number of aromatic nitrogens is 2. The standard InChI is InChI=1S/C22H20ClFN4O3/c23-14-6-7-17(16(24)10-14)27-20(29)12-28-19-8-5-13(9-18(19)25-11-21(28)30)22(31)26-15-3-1-2-4-15/h5-11,15H,1-4,12H2,(H,26,31)(H,27,29). The van der Waals surface area contributed by atoms with E-state index in [1.54, 1.807) is 18.2 Å². The molecule has 0 radical (unpaired) electrons. The third-order valence-electron chi connectivity index (χ3n) is 5.31. The van der Waals surface area contributed by atoms with Gasteiger partial charge >= 0.3 is 0 Å². The molecule has 1 aliphatic rings. The zero-order chi connectivity index (χ0) is 22.0. The monoisotopic (exact) mass is 442 g/mol. The molecule has 3 aromatic rings. The van der Waals surface area contributed by atoms with Gasteiger partial charge in [-0.05, 0) is 49.2 Å². The Morgan fingerprint density at radius 3 is 2.68 bits per heavy atom. The first-order valence-corrected chi connectivity index (χ1v) is 10.3. The molecule has 2 amide bonds. The van der Waals surface area contributed by atoms with Crippen molar-refractivity contribution in [3.8, 4) is 0 Å². The second-order valence-corrected chi connectivity index (χ2v) is 7.95. The Labute approximate surface area is 182 Å². The minimum atomic E-state index is -0.675. The van der Waals surface area contributed by atoms with Crippen molar-refractivity contribution in [2.75, 3.05) is 5.32 Å². The van der Waals surface area contributed by atoms with Gasteiger partial charge in [-0.25, -0.2) is 9.37 Å². The average Bonchev–Trinajstić information content (AvgIpc) is 3.25. The molecule has 1 aliphatic carbocycles. The second-order valence-electron chi connectivity index (χ2n) is 7.51. The topological polar surface area (TPSA) is 93.1 Å². The Kier molecular flexibility index (Phi) is 5.99. The molecule has 4 rings (SSSR count). The highest BCUT2D eigenvalue weighted by molar-refractivity contribution is 6.30. The van der Waals surface area contributed by atoms with Crippen molar-refractivity contribution in [1.82, 2.24) is 14.9 Å². The Morgan fingerprint density at radius 1 is 1.16 bits per heavy atom. The van der Waals surface area contributed by atoms with E-state index in [-0.39, 0.29) is 29.2 Å². The summed E-state index contributed by atoms with van der Waals surface area (Å²) in [6.45, 7) is -0.340. The first-order valence-electron chi connectivity index (χ1n) is 9.96. The Balaban J connectivity index is 1.55. The maximum atomic E-state index is 13.9. The normalized spacial score (nSPS) is 14.0. The number of fused-ring (bicyclic) bond motifs is 1. The van der Waals surface area contributed by atoms with Gasteiger partial charge in [0.05, 0.1) is 22.9 Å². The minimum absolute atomic E-state index is 0.0355. The Bertz CT molecular complexity index is 1220. The number of carbonyl (C=O) groups is 2. The lowest BCUT2D eigenvalue weighted by Gasteiger charge is -2.13.